The van der Waals surface area contributed by atoms with Gasteiger partial charge in [-0.05, 0) is 19.3 Å². The van der Waals surface area contributed by atoms with E-state index in [-0.39, 0.29) is 5.75 Å². The molecule has 0 spiro atoms. The molecule has 0 aliphatic heterocycles. The van der Waals surface area contributed by atoms with Crippen LogP contribution in [0, 0.1) is 0 Å². The Morgan fingerprint density at radius 2 is 1.47 bits per heavy atom. The number of hydrogen-bond donors (Lipinski definition) is 0. The standard InChI is InChI=1S/C9H14ClF5OS/c10-5-1-2-6-17(16)7-3-4-8(11,12)9(13,14)15/h1-7H2/t17-/m1/s1. The minimum Gasteiger partial charge on any atom is -0.260 e. The minimum absolute atomic E-state index is 0.131. The van der Waals surface area contributed by atoms with Crippen LogP contribution in [0.15, 0.2) is 0 Å². The van der Waals surface area contributed by atoms with E-state index in [9.17, 15) is 26.2 Å². The Hall–Kier alpha value is 0.0900. The summed E-state index contributed by atoms with van der Waals surface area (Å²) in [6.45, 7) is 0. The second kappa shape index (κ2) is 7.51. The Kier molecular flexibility index (Phi) is 7.55. The average Bonchev–Trinajstić information content (AvgIpc) is 2.16. The molecule has 0 radical (unpaired) electrons. The molecule has 0 bridgehead atoms. The van der Waals surface area contributed by atoms with Gasteiger partial charge in [0.15, 0.2) is 0 Å². The van der Waals surface area contributed by atoms with Crippen LogP contribution >= 0.6 is 11.6 Å². The summed E-state index contributed by atoms with van der Waals surface area (Å²) in [5.74, 6) is -4.10. The first kappa shape index (κ1) is 17.1. The number of alkyl halides is 6. The Morgan fingerprint density at radius 1 is 0.941 bits per heavy atom. The van der Waals surface area contributed by atoms with Crippen LogP contribution in [0.2, 0.25) is 0 Å². The van der Waals surface area contributed by atoms with Crippen LogP contribution in [0.4, 0.5) is 22.0 Å². The molecule has 0 fully saturated rings. The van der Waals surface area contributed by atoms with E-state index in [0.29, 0.717) is 24.5 Å². The van der Waals surface area contributed by atoms with E-state index < -0.39 is 35.7 Å². The Morgan fingerprint density at radius 3 is 1.94 bits per heavy atom. The zero-order chi connectivity index (χ0) is 13.5. The third kappa shape index (κ3) is 7.18. The van der Waals surface area contributed by atoms with E-state index in [1.54, 1.807) is 0 Å². The molecule has 17 heavy (non-hydrogen) atoms. The van der Waals surface area contributed by atoms with Gasteiger partial charge in [-0.2, -0.15) is 22.0 Å². The largest absolute Gasteiger partial charge is 0.453 e. The molecule has 0 aliphatic carbocycles. The average molecular weight is 301 g/mol. The zero-order valence-corrected chi connectivity index (χ0v) is 10.6. The maximum atomic E-state index is 12.4. The topological polar surface area (TPSA) is 17.1 Å². The van der Waals surface area contributed by atoms with Crippen LogP contribution < -0.4 is 0 Å². The molecule has 0 N–H and O–H groups in total. The highest BCUT2D eigenvalue weighted by Gasteiger charge is 2.56. The molecule has 0 aromatic rings. The summed E-state index contributed by atoms with van der Waals surface area (Å²) in [5.41, 5.74) is 0. The predicted molar refractivity (Wildman–Crippen MR) is 58.1 cm³/mol. The molecule has 0 saturated heterocycles. The molecule has 0 aliphatic rings. The van der Waals surface area contributed by atoms with Crippen molar-refractivity contribution in [2.75, 3.05) is 17.4 Å². The lowest BCUT2D eigenvalue weighted by Gasteiger charge is -2.19. The predicted octanol–water partition coefficient (Wildman–Crippen LogP) is 3.73. The highest BCUT2D eigenvalue weighted by Crippen LogP contribution is 2.38. The van der Waals surface area contributed by atoms with E-state index in [1.165, 1.54) is 0 Å². The fourth-order valence-corrected chi connectivity index (χ4v) is 2.44. The van der Waals surface area contributed by atoms with Crippen LogP contribution in [0.25, 0.3) is 0 Å². The van der Waals surface area contributed by atoms with Gasteiger partial charge in [0.1, 0.15) is 0 Å². The molecular formula is C9H14ClF5OS. The third-order valence-corrected chi connectivity index (χ3v) is 3.79. The lowest BCUT2D eigenvalue weighted by atomic mass is 10.2. The molecule has 0 aromatic heterocycles. The van der Waals surface area contributed by atoms with Gasteiger partial charge in [0.2, 0.25) is 0 Å². The molecule has 0 aromatic carbocycles. The minimum atomic E-state index is -5.52. The van der Waals surface area contributed by atoms with Gasteiger partial charge in [-0.1, -0.05) is 0 Å². The Balaban J connectivity index is 3.80. The van der Waals surface area contributed by atoms with Crippen LogP contribution in [-0.2, 0) is 10.8 Å². The van der Waals surface area contributed by atoms with E-state index >= 15 is 0 Å². The zero-order valence-electron chi connectivity index (χ0n) is 9.03. The quantitative estimate of drug-likeness (QED) is 0.379. The molecule has 0 saturated carbocycles. The van der Waals surface area contributed by atoms with Crippen molar-refractivity contribution in [1.82, 2.24) is 0 Å². The van der Waals surface area contributed by atoms with Gasteiger partial charge < -0.3 is 0 Å². The van der Waals surface area contributed by atoms with Crippen molar-refractivity contribution in [1.29, 1.82) is 0 Å². The van der Waals surface area contributed by atoms with Crippen molar-refractivity contribution >= 4 is 22.4 Å². The number of hydrogen-bond acceptors (Lipinski definition) is 1. The van der Waals surface area contributed by atoms with Crippen LogP contribution in [0.5, 0.6) is 0 Å². The summed E-state index contributed by atoms with van der Waals surface area (Å²) in [4.78, 5) is 0. The first-order chi connectivity index (χ1) is 7.70. The van der Waals surface area contributed by atoms with Crippen molar-refractivity contribution in [3.05, 3.63) is 0 Å². The molecule has 0 amide bonds. The molecule has 8 heteroatoms. The molecule has 104 valence electrons. The lowest BCUT2D eigenvalue weighted by molar-refractivity contribution is -0.284. The van der Waals surface area contributed by atoms with Crippen LogP contribution in [-0.4, -0.2) is 33.7 Å². The van der Waals surface area contributed by atoms with E-state index in [4.69, 9.17) is 11.6 Å². The highest BCUT2D eigenvalue weighted by atomic mass is 35.5. The highest BCUT2D eigenvalue weighted by molar-refractivity contribution is 7.84. The van der Waals surface area contributed by atoms with Gasteiger partial charge in [-0.3, -0.25) is 4.21 Å². The molecular weight excluding hydrogens is 287 g/mol. The number of halogens is 6. The van der Waals surface area contributed by atoms with E-state index in [2.05, 4.69) is 0 Å². The van der Waals surface area contributed by atoms with Crippen molar-refractivity contribution in [3.8, 4) is 0 Å². The van der Waals surface area contributed by atoms with Crippen molar-refractivity contribution in [2.45, 2.75) is 37.8 Å². The maximum absolute atomic E-state index is 12.4. The fraction of sp³-hybridized carbons (Fsp3) is 1.00. The van der Waals surface area contributed by atoms with E-state index in [1.807, 2.05) is 0 Å². The van der Waals surface area contributed by atoms with Gasteiger partial charge in [-0.25, -0.2) is 0 Å². The van der Waals surface area contributed by atoms with Crippen molar-refractivity contribution in [3.63, 3.8) is 0 Å². The summed E-state index contributed by atoms with van der Waals surface area (Å²) in [5, 5.41) is 0. The summed E-state index contributed by atoms with van der Waals surface area (Å²) >= 11 is 5.38. The van der Waals surface area contributed by atoms with Crippen molar-refractivity contribution < 1.29 is 26.2 Å². The summed E-state index contributed by atoms with van der Waals surface area (Å²) in [6.07, 6.45) is -5.98. The summed E-state index contributed by atoms with van der Waals surface area (Å²) in [6, 6.07) is 0. The van der Waals surface area contributed by atoms with Gasteiger partial charge in [0.25, 0.3) is 0 Å². The fourth-order valence-electron chi connectivity index (χ4n) is 1.06. The molecule has 1 atom stereocenters. The van der Waals surface area contributed by atoms with Crippen LogP contribution in [0.1, 0.15) is 25.7 Å². The van der Waals surface area contributed by atoms with Crippen molar-refractivity contribution in [2.24, 2.45) is 0 Å². The normalized spacial score (nSPS) is 14.9. The van der Waals surface area contributed by atoms with Gasteiger partial charge in [0, 0.05) is 34.6 Å². The first-order valence-electron chi connectivity index (χ1n) is 5.06. The Bertz CT molecular complexity index is 244. The van der Waals surface area contributed by atoms with E-state index in [0.717, 1.165) is 0 Å². The third-order valence-electron chi connectivity index (χ3n) is 2.03. The number of unbranched alkanes of at least 4 members (excludes halogenated alkanes) is 1. The summed E-state index contributed by atoms with van der Waals surface area (Å²) < 4.78 is 71.4. The second-order valence-electron chi connectivity index (χ2n) is 3.55. The smallest absolute Gasteiger partial charge is 0.260 e. The van der Waals surface area contributed by atoms with Gasteiger partial charge in [0.05, 0.1) is 0 Å². The first-order valence-corrected chi connectivity index (χ1v) is 7.08. The molecule has 0 heterocycles. The molecule has 0 rings (SSSR count). The monoisotopic (exact) mass is 300 g/mol. The summed E-state index contributed by atoms with van der Waals surface area (Å²) in [7, 11) is -1.34. The lowest BCUT2D eigenvalue weighted by Crippen LogP contribution is -2.36. The maximum Gasteiger partial charge on any atom is 0.453 e. The second-order valence-corrected chi connectivity index (χ2v) is 5.62. The number of rotatable bonds is 8. The van der Waals surface area contributed by atoms with Crippen LogP contribution in [0.3, 0.4) is 0 Å². The molecule has 0 unspecified atom stereocenters. The van der Waals surface area contributed by atoms with Gasteiger partial charge in [-0.15, -0.1) is 11.6 Å². The molecule has 1 nitrogen and oxygen atoms in total. The SMILES string of the molecule is O=[S@](CCCCCl)CCCC(F)(F)C(F)(F)F. The van der Waals surface area contributed by atoms with Gasteiger partial charge >= 0.3 is 12.1 Å². The Labute approximate surface area is 104 Å².